The van der Waals surface area contributed by atoms with E-state index in [0.717, 1.165) is 4.88 Å². The Morgan fingerprint density at radius 2 is 1.92 bits per heavy atom. The molecular formula is C18H21NO5S. The van der Waals surface area contributed by atoms with Crippen LogP contribution in [0.15, 0.2) is 35.7 Å². The van der Waals surface area contributed by atoms with Gasteiger partial charge in [-0.3, -0.25) is 9.59 Å². The third-order valence-corrected chi connectivity index (χ3v) is 4.92. The van der Waals surface area contributed by atoms with Gasteiger partial charge < -0.3 is 19.9 Å². The van der Waals surface area contributed by atoms with Crippen LogP contribution in [0.2, 0.25) is 0 Å². The van der Waals surface area contributed by atoms with E-state index in [2.05, 4.69) is 5.32 Å². The Hall–Kier alpha value is -2.54. The summed E-state index contributed by atoms with van der Waals surface area (Å²) in [5.74, 6) is -0.543. The molecule has 6 nitrogen and oxygen atoms in total. The second-order valence-electron chi connectivity index (χ2n) is 5.51. The molecule has 7 heteroatoms. The van der Waals surface area contributed by atoms with Crippen molar-refractivity contribution in [2.75, 3.05) is 14.2 Å². The summed E-state index contributed by atoms with van der Waals surface area (Å²) in [6, 6.07) is 8.21. The van der Waals surface area contributed by atoms with Crippen LogP contribution in [0.3, 0.4) is 0 Å². The van der Waals surface area contributed by atoms with Crippen LogP contribution in [-0.4, -0.2) is 31.2 Å². The number of carbonyl (C=O) groups excluding carboxylic acids is 1. The maximum absolute atomic E-state index is 12.5. The van der Waals surface area contributed by atoms with Crippen LogP contribution in [0.5, 0.6) is 11.5 Å². The van der Waals surface area contributed by atoms with Gasteiger partial charge in [-0.25, -0.2) is 0 Å². The van der Waals surface area contributed by atoms with E-state index in [-0.39, 0.29) is 18.2 Å². The highest BCUT2D eigenvalue weighted by molar-refractivity contribution is 7.10. The highest BCUT2D eigenvalue weighted by Crippen LogP contribution is 2.31. The fourth-order valence-corrected chi connectivity index (χ4v) is 3.24. The van der Waals surface area contributed by atoms with Crippen molar-refractivity contribution in [3.63, 3.8) is 0 Å². The van der Waals surface area contributed by atoms with E-state index in [1.165, 1.54) is 25.6 Å². The largest absolute Gasteiger partial charge is 0.493 e. The van der Waals surface area contributed by atoms with Gasteiger partial charge in [-0.05, 0) is 36.1 Å². The average Bonchev–Trinajstić information content (AvgIpc) is 3.13. The third kappa shape index (κ3) is 4.73. The van der Waals surface area contributed by atoms with Crippen molar-refractivity contribution < 1.29 is 24.2 Å². The molecule has 2 N–H and O–H groups in total. The molecule has 0 fully saturated rings. The molecule has 0 saturated heterocycles. The number of nitrogens with one attached hydrogen (secondary N) is 1. The predicted octanol–water partition coefficient (Wildman–Crippen LogP) is 3.20. The Balaban J connectivity index is 2.24. The minimum atomic E-state index is -0.996. The fourth-order valence-electron chi connectivity index (χ4n) is 2.46. The highest BCUT2D eigenvalue weighted by Gasteiger charge is 2.23. The number of rotatable bonds is 8. The number of carbonyl (C=O) groups is 2. The normalized spacial score (nSPS) is 12.9. The van der Waals surface area contributed by atoms with E-state index in [1.54, 1.807) is 25.1 Å². The number of hydrogen-bond acceptors (Lipinski definition) is 5. The predicted molar refractivity (Wildman–Crippen MR) is 95.4 cm³/mol. The van der Waals surface area contributed by atoms with E-state index in [0.29, 0.717) is 17.1 Å². The molecule has 2 aromatic rings. The minimum absolute atomic E-state index is 0.219. The van der Waals surface area contributed by atoms with Gasteiger partial charge in [-0.2, -0.15) is 0 Å². The molecule has 1 aromatic carbocycles. The average molecular weight is 363 g/mol. The first kappa shape index (κ1) is 18.8. The number of hydrogen-bond donors (Lipinski definition) is 2. The monoisotopic (exact) mass is 363 g/mol. The summed E-state index contributed by atoms with van der Waals surface area (Å²) in [7, 11) is 3.03. The molecule has 0 radical (unpaired) electrons. The lowest BCUT2D eigenvalue weighted by Gasteiger charge is -2.21. The first-order chi connectivity index (χ1) is 12.0. The van der Waals surface area contributed by atoms with Gasteiger partial charge in [0.05, 0.1) is 32.6 Å². The van der Waals surface area contributed by atoms with Crippen LogP contribution in [-0.2, 0) is 9.59 Å². The van der Waals surface area contributed by atoms with Gasteiger partial charge in [0.1, 0.15) is 0 Å². The summed E-state index contributed by atoms with van der Waals surface area (Å²) < 4.78 is 10.5. The summed E-state index contributed by atoms with van der Waals surface area (Å²) in [5, 5.41) is 13.9. The van der Waals surface area contributed by atoms with E-state index >= 15 is 0 Å². The van der Waals surface area contributed by atoms with Crippen molar-refractivity contribution in [3.05, 3.63) is 46.2 Å². The second-order valence-corrected chi connectivity index (χ2v) is 6.49. The van der Waals surface area contributed by atoms with Crippen molar-refractivity contribution in [3.8, 4) is 11.5 Å². The fraction of sp³-hybridized carbons (Fsp3) is 0.333. The molecule has 0 spiro atoms. The topological polar surface area (TPSA) is 84.9 Å². The molecule has 0 aliphatic carbocycles. The number of carboxylic acids is 1. The number of ether oxygens (including phenoxy) is 2. The molecule has 1 heterocycles. The van der Waals surface area contributed by atoms with Crippen LogP contribution in [0.4, 0.5) is 0 Å². The molecule has 2 atom stereocenters. The van der Waals surface area contributed by atoms with Crippen LogP contribution < -0.4 is 14.8 Å². The zero-order chi connectivity index (χ0) is 18.4. The lowest BCUT2D eigenvalue weighted by molar-refractivity contribution is -0.137. The summed E-state index contributed by atoms with van der Waals surface area (Å²) in [6.45, 7) is 1.80. The Kier molecular flexibility index (Phi) is 6.41. The minimum Gasteiger partial charge on any atom is -0.493 e. The molecule has 1 amide bonds. The third-order valence-electron chi connectivity index (χ3n) is 3.87. The van der Waals surface area contributed by atoms with Crippen molar-refractivity contribution in [1.82, 2.24) is 5.32 Å². The zero-order valence-corrected chi connectivity index (χ0v) is 15.1. The van der Waals surface area contributed by atoms with Crippen LogP contribution >= 0.6 is 11.3 Å². The smallest absolute Gasteiger partial charge is 0.305 e. The van der Waals surface area contributed by atoms with E-state index in [4.69, 9.17) is 9.47 Å². The number of benzene rings is 1. The van der Waals surface area contributed by atoms with E-state index in [9.17, 15) is 14.7 Å². The van der Waals surface area contributed by atoms with Crippen LogP contribution in [0.1, 0.15) is 35.7 Å². The van der Waals surface area contributed by atoms with Crippen molar-refractivity contribution in [2.45, 2.75) is 25.3 Å². The van der Waals surface area contributed by atoms with Gasteiger partial charge in [0.15, 0.2) is 11.5 Å². The molecule has 2 rings (SSSR count). The van der Waals surface area contributed by atoms with Crippen molar-refractivity contribution >= 4 is 23.2 Å². The number of methoxy groups -OCH3 is 2. The maximum atomic E-state index is 12.5. The Labute approximate surface area is 150 Å². The zero-order valence-electron chi connectivity index (χ0n) is 14.3. The summed E-state index contributed by atoms with van der Waals surface area (Å²) >= 11 is 1.49. The van der Waals surface area contributed by atoms with E-state index in [1.807, 2.05) is 17.5 Å². The first-order valence-corrected chi connectivity index (χ1v) is 8.61. The second kappa shape index (κ2) is 8.53. The maximum Gasteiger partial charge on any atom is 0.305 e. The highest BCUT2D eigenvalue weighted by atomic mass is 32.1. The molecule has 0 saturated carbocycles. The van der Waals surface area contributed by atoms with Gasteiger partial charge in [0.25, 0.3) is 0 Å². The number of thiophene rings is 1. The standard InChI is InChI=1S/C18H21NO5S/c1-11(16-5-4-8-25-16)18(22)19-13(10-17(20)21)12-6-7-14(23-2)15(9-12)24-3/h4-9,11,13H,10H2,1-3H3,(H,19,22)(H,20,21). The first-order valence-electron chi connectivity index (χ1n) is 7.73. The van der Waals surface area contributed by atoms with Gasteiger partial charge in [0.2, 0.25) is 5.91 Å². The summed E-state index contributed by atoms with van der Waals surface area (Å²) in [5.41, 5.74) is 0.645. The van der Waals surface area contributed by atoms with Crippen LogP contribution in [0, 0.1) is 0 Å². The van der Waals surface area contributed by atoms with Crippen molar-refractivity contribution in [2.24, 2.45) is 0 Å². The van der Waals surface area contributed by atoms with Gasteiger partial charge in [-0.1, -0.05) is 12.1 Å². The summed E-state index contributed by atoms with van der Waals surface area (Å²) in [6.07, 6.45) is -0.224. The lowest BCUT2D eigenvalue weighted by Crippen LogP contribution is -2.33. The number of amides is 1. The van der Waals surface area contributed by atoms with Gasteiger partial charge >= 0.3 is 5.97 Å². The van der Waals surface area contributed by atoms with Gasteiger partial charge in [0, 0.05) is 4.88 Å². The molecule has 1 aromatic heterocycles. The SMILES string of the molecule is COc1ccc(C(CC(=O)O)NC(=O)C(C)c2cccs2)cc1OC. The molecule has 2 unspecified atom stereocenters. The molecular weight excluding hydrogens is 342 g/mol. The summed E-state index contributed by atoms with van der Waals surface area (Å²) in [4.78, 5) is 24.7. The van der Waals surface area contributed by atoms with Gasteiger partial charge in [-0.15, -0.1) is 11.3 Å². The van der Waals surface area contributed by atoms with Crippen LogP contribution in [0.25, 0.3) is 0 Å². The van der Waals surface area contributed by atoms with Crippen molar-refractivity contribution in [1.29, 1.82) is 0 Å². The van der Waals surface area contributed by atoms with E-state index < -0.39 is 12.0 Å². The Morgan fingerprint density at radius 1 is 1.20 bits per heavy atom. The lowest BCUT2D eigenvalue weighted by atomic mass is 10.0. The molecule has 134 valence electrons. The Morgan fingerprint density at radius 3 is 2.48 bits per heavy atom. The molecule has 25 heavy (non-hydrogen) atoms. The quantitative estimate of drug-likeness (QED) is 0.752. The molecule has 0 aliphatic heterocycles. The molecule has 0 bridgehead atoms. The molecule has 0 aliphatic rings. The Bertz CT molecular complexity index is 729. The number of aliphatic carboxylic acids is 1. The number of carboxylic acid groups (broad SMARTS) is 1.